The fourth-order valence-corrected chi connectivity index (χ4v) is 10.6. The number of aryl methyl sites for hydroxylation is 4. The Morgan fingerprint density at radius 3 is 0.795 bits per heavy atom. The van der Waals surface area contributed by atoms with Gasteiger partial charge in [-0.25, -0.2) is 9.97 Å². The van der Waals surface area contributed by atoms with Crippen LogP contribution in [0.1, 0.15) is 153 Å². The van der Waals surface area contributed by atoms with Crippen LogP contribution in [0.4, 0.5) is 0 Å². The summed E-state index contributed by atoms with van der Waals surface area (Å²) in [6.07, 6.45) is 36.7. The van der Waals surface area contributed by atoms with E-state index in [4.69, 9.17) is 19.9 Å². The van der Waals surface area contributed by atoms with Crippen LogP contribution in [0.3, 0.4) is 0 Å². The average Bonchev–Trinajstić information content (AvgIpc) is 4.27. The van der Waals surface area contributed by atoms with Gasteiger partial charge in [0.1, 0.15) is 26.2 Å². The van der Waals surface area contributed by atoms with Gasteiger partial charge in [-0.05, 0) is 74.3 Å². The number of rotatable bonds is 24. The molecule has 374 valence electrons. The van der Waals surface area contributed by atoms with Crippen molar-refractivity contribution in [1.29, 1.82) is 0 Å². The second-order valence-electron chi connectivity index (χ2n) is 19.7. The molecule has 2 aliphatic heterocycles. The Bertz CT molecular complexity index is 2760. The standard InChI is InChI=1S/C64H76N8.Mn/c1-5-9-13-21-41-69-45-25-17-29-57(69)61-49-33-35-51(65-49)62(58-30-18-26-46-70(58)42-22-14-10-6-2)53-37-39-55(67-53)64(60-32-20-28-48-72(60)44-24-16-12-8-4)56-40-38-54(68-56)63(52-36-34-50(61)66-52)59-31-19-27-47-71(59)43-23-15-11-7-3;/h17-20,25-40,45-48H,5-16,21-24,41-44H2,1-4H3;/q+2;+3. The van der Waals surface area contributed by atoms with Gasteiger partial charge in [-0.15, -0.1) is 22.1 Å². The zero-order valence-corrected chi connectivity index (χ0v) is 45.1. The number of hydrogen-bond acceptors (Lipinski definition) is 2. The molecule has 8 bridgehead atoms. The Labute approximate surface area is 445 Å². The summed E-state index contributed by atoms with van der Waals surface area (Å²) in [7, 11) is 0. The SMILES string of the molecule is CCCCCC[n+]1ccccc1-c1c2nc(c(-c3cccc[n+]3CCCCCC)c3ccc([n-]3)c(-c3cccc[n+]3CCCCCC)c3nc(c(-c4cccc[n+]4CCCCCC)c4ccc1[n-]4)C=C3)C=C2.[Mn+3]. The topological polar surface area (TPSA) is 69.5 Å². The minimum Gasteiger partial charge on any atom is -0.656 e. The molecule has 0 N–H and O–H groups in total. The molecule has 7 aromatic heterocycles. The molecule has 9 rings (SSSR count). The summed E-state index contributed by atoms with van der Waals surface area (Å²) in [5, 5.41) is 0. The number of fused-ring (bicyclic) bond motifs is 8. The van der Waals surface area contributed by atoms with Gasteiger partial charge < -0.3 is 9.97 Å². The summed E-state index contributed by atoms with van der Waals surface area (Å²) in [5.74, 6) is 0. The minimum absolute atomic E-state index is 0. The van der Waals surface area contributed by atoms with Crippen molar-refractivity contribution in [3.8, 4) is 45.0 Å². The van der Waals surface area contributed by atoms with Crippen molar-refractivity contribution < 1.29 is 35.3 Å². The maximum atomic E-state index is 5.70. The third-order valence-corrected chi connectivity index (χ3v) is 14.4. The first-order valence-corrected chi connectivity index (χ1v) is 27.6. The monoisotopic (exact) mass is 1010 g/mol. The normalized spacial score (nSPS) is 11.9. The third-order valence-electron chi connectivity index (χ3n) is 14.4. The van der Waals surface area contributed by atoms with Crippen molar-refractivity contribution in [2.45, 2.75) is 157 Å². The molecule has 0 saturated carbocycles. The van der Waals surface area contributed by atoms with E-state index in [-0.39, 0.29) is 17.1 Å². The molecule has 0 radical (unpaired) electrons. The van der Waals surface area contributed by atoms with Gasteiger partial charge in [0.15, 0.2) is 24.8 Å². The van der Waals surface area contributed by atoms with Crippen molar-refractivity contribution in [2.75, 3.05) is 0 Å². The fourth-order valence-electron chi connectivity index (χ4n) is 10.6. The maximum Gasteiger partial charge on any atom is 3.00 e. The summed E-state index contributed by atoms with van der Waals surface area (Å²) in [5.41, 5.74) is 15.7. The van der Waals surface area contributed by atoms with Crippen LogP contribution in [-0.2, 0) is 43.2 Å². The molecule has 0 atom stereocenters. The van der Waals surface area contributed by atoms with Gasteiger partial charge in [0.25, 0.3) is 0 Å². The molecule has 8 nitrogen and oxygen atoms in total. The molecule has 73 heavy (non-hydrogen) atoms. The Morgan fingerprint density at radius 1 is 0.315 bits per heavy atom. The van der Waals surface area contributed by atoms with Crippen LogP contribution in [0.2, 0.25) is 0 Å². The molecule has 0 saturated heterocycles. The van der Waals surface area contributed by atoms with Gasteiger partial charge in [-0.3, -0.25) is 0 Å². The van der Waals surface area contributed by atoms with E-state index in [1.807, 2.05) is 0 Å². The van der Waals surface area contributed by atoms with Gasteiger partial charge >= 0.3 is 17.1 Å². The van der Waals surface area contributed by atoms with E-state index in [0.717, 1.165) is 142 Å². The van der Waals surface area contributed by atoms with Gasteiger partial charge in [0.2, 0.25) is 22.8 Å². The molecule has 9 heterocycles. The predicted molar refractivity (Wildman–Crippen MR) is 296 cm³/mol. The number of nitrogens with zero attached hydrogens (tertiary/aromatic N) is 8. The Kier molecular flexibility index (Phi) is 19.3. The van der Waals surface area contributed by atoms with Crippen molar-refractivity contribution in [3.05, 3.63) is 145 Å². The summed E-state index contributed by atoms with van der Waals surface area (Å²) >= 11 is 0. The Hall–Kier alpha value is -6.28. The molecular formula is C64H76MnN8+5. The van der Waals surface area contributed by atoms with E-state index in [1.165, 1.54) is 77.0 Å². The first kappa shape index (κ1) is 53.0. The molecule has 0 aromatic carbocycles. The smallest absolute Gasteiger partial charge is 0.656 e. The summed E-state index contributed by atoms with van der Waals surface area (Å²) in [6.45, 7) is 12.8. The number of pyridine rings is 4. The van der Waals surface area contributed by atoms with Crippen molar-refractivity contribution in [3.63, 3.8) is 0 Å². The first-order chi connectivity index (χ1) is 35.6. The van der Waals surface area contributed by atoms with Crippen molar-refractivity contribution >= 4 is 46.4 Å². The van der Waals surface area contributed by atoms with E-state index >= 15 is 0 Å². The largest absolute Gasteiger partial charge is 3.00 e. The van der Waals surface area contributed by atoms with E-state index < -0.39 is 0 Å². The van der Waals surface area contributed by atoms with Gasteiger partial charge in [-0.1, -0.05) is 103 Å². The number of aromatic nitrogens is 8. The molecule has 0 aliphatic carbocycles. The van der Waals surface area contributed by atoms with Crippen LogP contribution in [0.5, 0.6) is 0 Å². The van der Waals surface area contributed by atoms with Crippen LogP contribution in [0.25, 0.3) is 91.4 Å². The average molecular weight is 1010 g/mol. The molecule has 0 amide bonds. The molecule has 0 spiro atoms. The maximum absolute atomic E-state index is 5.70. The molecule has 0 fully saturated rings. The third kappa shape index (κ3) is 12.6. The minimum atomic E-state index is 0. The summed E-state index contributed by atoms with van der Waals surface area (Å²) in [4.78, 5) is 22.8. The van der Waals surface area contributed by atoms with Crippen LogP contribution in [-0.4, -0.2) is 9.97 Å². The molecule has 9 heteroatoms. The fraction of sp³-hybridized carbons (Fsp3) is 0.375. The Balaban J connectivity index is 0.00000711. The molecule has 7 aromatic rings. The zero-order chi connectivity index (χ0) is 49.5. The molecule has 0 unspecified atom stereocenters. The van der Waals surface area contributed by atoms with E-state index in [0.29, 0.717) is 0 Å². The summed E-state index contributed by atoms with van der Waals surface area (Å²) in [6, 6.07) is 35.1. The molecule has 2 aliphatic rings. The Morgan fingerprint density at radius 2 is 0.562 bits per heavy atom. The quantitative estimate of drug-likeness (QED) is 0.0344. The summed E-state index contributed by atoms with van der Waals surface area (Å²) < 4.78 is 9.66. The second-order valence-corrected chi connectivity index (χ2v) is 19.7. The van der Waals surface area contributed by atoms with Crippen LogP contribution < -0.4 is 28.2 Å². The van der Waals surface area contributed by atoms with Crippen LogP contribution in [0, 0.1) is 0 Å². The number of hydrogen-bond donors (Lipinski definition) is 0. The van der Waals surface area contributed by atoms with Crippen LogP contribution >= 0.6 is 0 Å². The van der Waals surface area contributed by atoms with Crippen molar-refractivity contribution in [1.82, 2.24) is 19.9 Å². The van der Waals surface area contributed by atoms with E-state index in [9.17, 15) is 0 Å². The predicted octanol–water partition coefficient (Wildman–Crippen LogP) is 14.1. The second kappa shape index (κ2) is 26.6. The van der Waals surface area contributed by atoms with Crippen LogP contribution in [0.15, 0.2) is 122 Å². The van der Waals surface area contributed by atoms with Gasteiger partial charge in [-0.2, -0.15) is 18.3 Å². The van der Waals surface area contributed by atoms with E-state index in [2.05, 4.69) is 192 Å². The van der Waals surface area contributed by atoms with Crippen molar-refractivity contribution in [2.24, 2.45) is 0 Å². The van der Waals surface area contributed by atoms with Gasteiger partial charge in [0.05, 0.1) is 45.0 Å². The number of unbranched alkanes of at least 4 members (excludes halogenated alkanes) is 12. The van der Waals surface area contributed by atoms with E-state index in [1.54, 1.807) is 0 Å². The molecular weight excluding hydrogens is 936 g/mol. The van der Waals surface area contributed by atoms with Gasteiger partial charge in [0, 0.05) is 74.2 Å². The zero-order valence-electron chi connectivity index (χ0n) is 44.0. The first-order valence-electron chi connectivity index (χ1n) is 27.6.